The Kier molecular flexibility index (Phi) is 8.24. The Morgan fingerprint density at radius 2 is 1.00 bits per heavy atom. The predicted molar refractivity (Wildman–Crippen MR) is 252 cm³/mol. The summed E-state index contributed by atoms with van der Waals surface area (Å²) in [5.41, 5.74) is 16.4. The molecule has 288 valence electrons. The van der Waals surface area contributed by atoms with Crippen molar-refractivity contribution in [3.8, 4) is 28.0 Å². The van der Waals surface area contributed by atoms with E-state index in [1.807, 2.05) is 0 Å². The normalized spacial score (nSPS) is 16.5. The predicted octanol–water partition coefficient (Wildman–Crippen LogP) is 14.8. The van der Waals surface area contributed by atoms with Crippen LogP contribution in [0.1, 0.15) is 39.3 Å². The lowest BCUT2D eigenvalue weighted by Crippen LogP contribution is -2.28. The van der Waals surface area contributed by atoms with Crippen LogP contribution >= 0.6 is 0 Å². The topological polar surface area (TPSA) is 12.5 Å². The highest BCUT2D eigenvalue weighted by molar-refractivity contribution is 6.04. The minimum Gasteiger partial charge on any atom is -0.484 e. The molecule has 2 heteroatoms. The molecule has 0 saturated carbocycles. The fraction of sp³-hybridized carbons (Fsp3) is 0.0508. The van der Waals surface area contributed by atoms with Gasteiger partial charge in [0.1, 0.15) is 11.9 Å². The minimum absolute atomic E-state index is 0.0687. The van der Waals surface area contributed by atoms with Gasteiger partial charge in [-0.1, -0.05) is 206 Å². The van der Waals surface area contributed by atoms with Gasteiger partial charge in [-0.25, -0.2) is 0 Å². The van der Waals surface area contributed by atoms with E-state index in [9.17, 15) is 0 Å². The molecule has 2 atom stereocenters. The molecule has 3 aliphatic rings. The second-order valence-corrected chi connectivity index (χ2v) is 16.3. The molecule has 0 bridgehead atoms. The maximum absolute atomic E-state index is 7.09. The van der Waals surface area contributed by atoms with E-state index in [1.165, 1.54) is 61.2 Å². The quantitative estimate of drug-likeness (QED) is 0.160. The Balaban J connectivity index is 1.10. The van der Waals surface area contributed by atoms with E-state index in [-0.39, 0.29) is 12.0 Å². The van der Waals surface area contributed by atoms with Crippen molar-refractivity contribution in [1.29, 1.82) is 0 Å². The summed E-state index contributed by atoms with van der Waals surface area (Å²) in [6, 6.07) is 79.9. The van der Waals surface area contributed by atoms with E-state index < -0.39 is 5.41 Å². The van der Waals surface area contributed by atoms with Gasteiger partial charge in [-0.2, -0.15) is 0 Å². The number of fused-ring (bicyclic) bond motifs is 8. The molecule has 0 aromatic heterocycles. The lowest BCUT2D eigenvalue weighted by molar-refractivity contribution is 0.281. The second kappa shape index (κ2) is 14.3. The molecule has 9 aromatic rings. The van der Waals surface area contributed by atoms with Crippen molar-refractivity contribution in [2.75, 3.05) is 4.90 Å². The zero-order valence-electron chi connectivity index (χ0n) is 33.5. The van der Waals surface area contributed by atoms with Crippen LogP contribution in [0.25, 0.3) is 38.6 Å². The molecule has 1 heterocycles. The Morgan fingerprint density at radius 1 is 0.443 bits per heavy atom. The highest BCUT2D eigenvalue weighted by Crippen LogP contribution is 2.58. The summed E-state index contributed by atoms with van der Waals surface area (Å²) in [7, 11) is 0. The first-order valence-corrected chi connectivity index (χ1v) is 21.2. The fourth-order valence-electron chi connectivity index (χ4n) is 10.4. The Morgan fingerprint density at radius 3 is 1.70 bits per heavy atom. The maximum Gasteiger partial charge on any atom is 0.135 e. The van der Waals surface area contributed by atoms with Crippen LogP contribution in [0, 0.1) is 0 Å². The van der Waals surface area contributed by atoms with Crippen LogP contribution < -0.4 is 9.64 Å². The van der Waals surface area contributed by atoms with E-state index in [4.69, 9.17) is 4.74 Å². The molecule has 9 aromatic carbocycles. The fourth-order valence-corrected chi connectivity index (χ4v) is 10.4. The van der Waals surface area contributed by atoms with Crippen LogP contribution in [0.5, 0.6) is 5.75 Å². The van der Waals surface area contributed by atoms with Crippen molar-refractivity contribution in [3.05, 3.63) is 270 Å². The van der Waals surface area contributed by atoms with Gasteiger partial charge in [0.05, 0.1) is 11.1 Å². The minimum atomic E-state index is -0.526. The first-order chi connectivity index (χ1) is 30.3. The average molecular weight is 780 g/mol. The summed E-state index contributed by atoms with van der Waals surface area (Å²) in [6.45, 7) is 0. The highest BCUT2D eigenvalue weighted by Gasteiger charge is 2.46. The summed E-state index contributed by atoms with van der Waals surface area (Å²) in [5, 5.41) is 2.26. The zero-order chi connectivity index (χ0) is 40.3. The van der Waals surface area contributed by atoms with Crippen molar-refractivity contribution in [2.24, 2.45) is 0 Å². The molecule has 2 unspecified atom stereocenters. The monoisotopic (exact) mass is 779 g/mol. The van der Waals surface area contributed by atoms with Gasteiger partial charge in [0.25, 0.3) is 0 Å². The SMILES string of the molecule is C1=CC2c3cc(N(c4ccc(-c5ccccc5)cc4)c4ccc5c(c4)C(c4ccccc4)(c4ccccc4)c4ccccc4-5)c4ccccc4c3OC2C(c2ccccc2)=C1. The third-order valence-corrected chi connectivity index (χ3v) is 13.1. The number of hydrogen-bond donors (Lipinski definition) is 0. The van der Waals surface area contributed by atoms with Gasteiger partial charge >= 0.3 is 0 Å². The molecular weight excluding hydrogens is 739 g/mol. The number of allylic oxidation sites excluding steroid dienone is 2. The number of rotatable bonds is 7. The number of ether oxygens (including phenoxy) is 1. The van der Waals surface area contributed by atoms with Gasteiger partial charge in [-0.05, 0) is 80.4 Å². The van der Waals surface area contributed by atoms with Crippen LogP contribution in [0.2, 0.25) is 0 Å². The Bertz CT molecular complexity index is 3110. The van der Waals surface area contributed by atoms with E-state index in [0.29, 0.717) is 0 Å². The number of anilines is 3. The van der Waals surface area contributed by atoms with E-state index in [0.717, 1.165) is 33.6 Å². The first kappa shape index (κ1) is 35.3. The number of nitrogens with zero attached hydrogens (tertiary/aromatic N) is 1. The molecule has 2 nitrogen and oxygen atoms in total. The van der Waals surface area contributed by atoms with Crippen molar-refractivity contribution < 1.29 is 4.74 Å². The summed E-state index contributed by atoms with van der Waals surface area (Å²) in [5.74, 6) is 1.04. The maximum atomic E-state index is 7.09. The van der Waals surface area contributed by atoms with Crippen molar-refractivity contribution in [3.63, 3.8) is 0 Å². The third kappa shape index (κ3) is 5.49. The third-order valence-electron chi connectivity index (χ3n) is 13.1. The van der Waals surface area contributed by atoms with Crippen LogP contribution in [0.3, 0.4) is 0 Å². The molecule has 0 saturated heterocycles. The van der Waals surface area contributed by atoms with Gasteiger partial charge in [-0.15, -0.1) is 0 Å². The molecular formula is C59H41NO. The molecule has 0 amide bonds. The lowest BCUT2D eigenvalue weighted by atomic mass is 9.67. The molecule has 12 rings (SSSR count). The molecule has 1 aliphatic heterocycles. The second-order valence-electron chi connectivity index (χ2n) is 16.3. The standard InChI is InChI=1S/C59H41NO/c1-5-18-40(19-6-1)41-32-34-45(35-33-41)60(56-39-53-52-30-17-29-47(42-20-7-2-8-21-42)57(52)61-58(53)51-28-14-13-27-50(51)56)46-36-37-49-48-26-15-16-31-54(48)59(55(49)38-46,43-22-9-3-10-23-43)44-24-11-4-12-25-44/h1-39,52,57H. The van der Waals surface area contributed by atoms with Gasteiger partial charge in [-0.3, -0.25) is 0 Å². The van der Waals surface area contributed by atoms with E-state index >= 15 is 0 Å². The van der Waals surface area contributed by atoms with Gasteiger partial charge in [0.2, 0.25) is 0 Å². The number of hydrogen-bond acceptors (Lipinski definition) is 2. The van der Waals surface area contributed by atoms with Gasteiger partial charge < -0.3 is 9.64 Å². The van der Waals surface area contributed by atoms with Crippen LogP contribution in [0.15, 0.2) is 237 Å². The lowest BCUT2D eigenvalue weighted by Gasteiger charge is -2.35. The van der Waals surface area contributed by atoms with Crippen molar-refractivity contribution >= 4 is 33.4 Å². The van der Waals surface area contributed by atoms with E-state index in [1.54, 1.807) is 0 Å². The molecule has 0 radical (unpaired) electrons. The summed E-state index contributed by atoms with van der Waals surface area (Å²) >= 11 is 0. The Labute approximate surface area is 357 Å². The molecule has 0 fully saturated rings. The van der Waals surface area contributed by atoms with Gasteiger partial charge in [0, 0.05) is 39.2 Å². The first-order valence-electron chi connectivity index (χ1n) is 21.2. The molecule has 2 aliphatic carbocycles. The molecule has 0 spiro atoms. The molecule has 0 N–H and O–H groups in total. The zero-order valence-corrected chi connectivity index (χ0v) is 33.5. The summed E-state index contributed by atoms with van der Waals surface area (Å²) in [4.78, 5) is 2.48. The highest BCUT2D eigenvalue weighted by atomic mass is 16.5. The smallest absolute Gasteiger partial charge is 0.135 e. The summed E-state index contributed by atoms with van der Waals surface area (Å²) < 4.78 is 7.09. The van der Waals surface area contributed by atoms with Crippen LogP contribution in [-0.4, -0.2) is 6.10 Å². The van der Waals surface area contributed by atoms with Crippen LogP contribution in [-0.2, 0) is 5.41 Å². The van der Waals surface area contributed by atoms with E-state index in [2.05, 4.69) is 242 Å². The summed E-state index contributed by atoms with van der Waals surface area (Å²) in [6.07, 6.45) is 6.64. The number of benzene rings is 9. The van der Waals surface area contributed by atoms with Crippen molar-refractivity contribution in [1.82, 2.24) is 0 Å². The average Bonchev–Trinajstić information content (AvgIpc) is 3.87. The van der Waals surface area contributed by atoms with Crippen LogP contribution in [0.4, 0.5) is 17.1 Å². The van der Waals surface area contributed by atoms with Gasteiger partial charge in [0.15, 0.2) is 0 Å². The van der Waals surface area contributed by atoms with Crippen molar-refractivity contribution in [2.45, 2.75) is 17.4 Å². The molecule has 61 heavy (non-hydrogen) atoms. The Hall–Kier alpha value is -7.68. The largest absolute Gasteiger partial charge is 0.484 e.